The molecule has 1 amide bonds. The molecule has 0 aliphatic heterocycles. The predicted molar refractivity (Wildman–Crippen MR) is 73.4 cm³/mol. The van der Waals surface area contributed by atoms with E-state index in [1.807, 2.05) is 6.92 Å². The molecule has 5 nitrogen and oxygen atoms in total. The topological polar surface area (TPSA) is 64.1 Å². The van der Waals surface area contributed by atoms with Crippen LogP contribution in [0.25, 0.3) is 0 Å². The second kappa shape index (κ2) is 6.50. The average Bonchev–Trinajstić information content (AvgIpc) is 2.32. The molecule has 1 aromatic heterocycles. The summed E-state index contributed by atoms with van der Waals surface area (Å²) in [6, 6.07) is 0. The van der Waals surface area contributed by atoms with Crippen molar-refractivity contribution in [2.75, 3.05) is 11.9 Å². The van der Waals surface area contributed by atoms with E-state index in [2.05, 4.69) is 15.3 Å². The normalized spacial score (nSPS) is 21.8. The van der Waals surface area contributed by atoms with E-state index in [1.54, 1.807) is 0 Å². The fourth-order valence-corrected chi connectivity index (χ4v) is 2.37. The number of nitrogens with zero attached hydrogens (tertiary/aromatic N) is 2. The number of aromatic nitrogens is 2. The number of ether oxygens (including phenoxy) is 1. The van der Waals surface area contributed by atoms with Crippen LogP contribution in [-0.4, -0.2) is 28.6 Å². The molecule has 0 unspecified atom stereocenters. The van der Waals surface area contributed by atoms with Gasteiger partial charge in [-0.2, -0.15) is 0 Å². The van der Waals surface area contributed by atoms with E-state index in [9.17, 15) is 4.79 Å². The van der Waals surface area contributed by atoms with Crippen molar-refractivity contribution in [3.8, 4) is 0 Å². The summed E-state index contributed by atoms with van der Waals surface area (Å²) >= 11 is 11.6. The number of halogens is 2. The SMILES string of the molecule is CCOC1CC(CC(=O)Nc2ncnc(Cl)c2Cl)C1. The first-order valence-corrected chi connectivity index (χ1v) is 6.93. The Hall–Kier alpha value is -0.910. The molecule has 1 N–H and O–H groups in total. The molecule has 1 fully saturated rings. The summed E-state index contributed by atoms with van der Waals surface area (Å²) in [6.07, 6.45) is 3.87. The minimum atomic E-state index is -0.114. The molecule has 0 radical (unpaired) electrons. The Kier molecular flexibility index (Phi) is 4.96. The maximum absolute atomic E-state index is 11.8. The highest BCUT2D eigenvalue weighted by atomic mass is 35.5. The van der Waals surface area contributed by atoms with Crippen LogP contribution in [0, 0.1) is 5.92 Å². The first kappa shape index (κ1) is 14.5. The van der Waals surface area contributed by atoms with Gasteiger partial charge in [0.25, 0.3) is 0 Å². The van der Waals surface area contributed by atoms with Crippen LogP contribution in [0.15, 0.2) is 6.33 Å². The minimum Gasteiger partial charge on any atom is -0.378 e. The van der Waals surface area contributed by atoms with Crippen molar-refractivity contribution < 1.29 is 9.53 Å². The second-order valence-electron chi connectivity index (χ2n) is 4.49. The highest BCUT2D eigenvalue weighted by molar-refractivity contribution is 6.42. The molecule has 2 rings (SSSR count). The van der Waals surface area contributed by atoms with Crippen LogP contribution in [0.1, 0.15) is 26.2 Å². The highest BCUT2D eigenvalue weighted by Crippen LogP contribution is 2.33. The summed E-state index contributed by atoms with van der Waals surface area (Å²) in [5.74, 6) is 0.511. The molecule has 0 aromatic carbocycles. The van der Waals surface area contributed by atoms with Gasteiger partial charge >= 0.3 is 0 Å². The Morgan fingerprint density at radius 2 is 2.21 bits per heavy atom. The number of carbonyl (C=O) groups is 1. The molecule has 104 valence electrons. The number of amides is 1. The molecule has 0 spiro atoms. The minimum absolute atomic E-state index is 0.114. The first-order valence-electron chi connectivity index (χ1n) is 6.17. The van der Waals surface area contributed by atoms with Crippen molar-refractivity contribution in [3.05, 3.63) is 16.5 Å². The third-order valence-corrected chi connectivity index (χ3v) is 3.81. The predicted octanol–water partition coefficient (Wildman–Crippen LogP) is 2.93. The van der Waals surface area contributed by atoms with Gasteiger partial charge in [0.05, 0.1) is 6.10 Å². The summed E-state index contributed by atoms with van der Waals surface area (Å²) in [5.41, 5.74) is 0. The summed E-state index contributed by atoms with van der Waals surface area (Å²) in [7, 11) is 0. The monoisotopic (exact) mass is 303 g/mol. The van der Waals surface area contributed by atoms with Gasteiger partial charge in [-0.3, -0.25) is 4.79 Å². The van der Waals surface area contributed by atoms with Crippen molar-refractivity contribution in [2.45, 2.75) is 32.3 Å². The zero-order valence-electron chi connectivity index (χ0n) is 10.5. The second-order valence-corrected chi connectivity index (χ2v) is 5.23. The molecular weight excluding hydrogens is 289 g/mol. The van der Waals surface area contributed by atoms with Crippen LogP contribution in [0.3, 0.4) is 0 Å². The van der Waals surface area contributed by atoms with Crippen molar-refractivity contribution in [2.24, 2.45) is 5.92 Å². The van der Waals surface area contributed by atoms with Gasteiger partial charge in [-0.25, -0.2) is 9.97 Å². The fraction of sp³-hybridized carbons (Fsp3) is 0.583. The molecule has 0 saturated heterocycles. The molecule has 1 aliphatic rings. The van der Waals surface area contributed by atoms with Gasteiger partial charge in [0.2, 0.25) is 5.91 Å². The van der Waals surface area contributed by atoms with Crippen LogP contribution in [-0.2, 0) is 9.53 Å². The van der Waals surface area contributed by atoms with Gasteiger partial charge < -0.3 is 10.1 Å². The number of carbonyl (C=O) groups excluding carboxylic acids is 1. The van der Waals surface area contributed by atoms with Crippen LogP contribution < -0.4 is 5.32 Å². The molecule has 1 saturated carbocycles. The van der Waals surface area contributed by atoms with Crippen LogP contribution >= 0.6 is 23.2 Å². The van der Waals surface area contributed by atoms with E-state index in [0.29, 0.717) is 18.4 Å². The lowest BCUT2D eigenvalue weighted by molar-refractivity contribution is -0.119. The van der Waals surface area contributed by atoms with E-state index in [1.165, 1.54) is 6.33 Å². The first-order chi connectivity index (χ1) is 9.10. The fourth-order valence-electron chi connectivity index (χ4n) is 2.09. The smallest absolute Gasteiger partial charge is 0.225 e. The molecule has 0 atom stereocenters. The van der Waals surface area contributed by atoms with Crippen LogP contribution in [0.4, 0.5) is 5.82 Å². The van der Waals surface area contributed by atoms with E-state index in [0.717, 1.165) is 19.4 Å². The van der Waals surface area contributed by atoms with Gasteiger partial charge in [-0.1, -0.05) is 23.2 Å². The number of nitrogens with one attached hydrogen (secondary N) is 1. The van der Waals surface area contributed by atoms with Crippen molar-refractivity contribution >= 4 is 34.9 Å². The summed E-state index contributed by atoms with van der Waals surface area (Å²) in [5, 5.41) is 2.95. The van der Waals surface area contributed by atoms with Crippen LogP contribution in [0.5, 0.6) is 0 Å². The molecule has 19 heavy (non-hydrogen) atoms. The quantitative estimate of drug-likeness (QED) is 0.850. The van der Waals surface area contributed by atoms with Crippen LogP contribution in [0.2, 0.25) is 10.2 Å². The summed E-state index contributed by atoms with van der Waals surface area (Å²) < 4.78 is 5.45. The van der Waals surface area contributed by atoms with Gasteiger partial charge in [0.1, 0.15) is 11.3 Å². The summed E-state index contributed by atoms with van der Waals surface area (Å²) in [6.45, 7) is 2.69. The molecule has 1 heterocycles. The Bertz CT molecular complexity index is 464. The molecule has 1 aromatic rings. The third kappa shape index (κ3) is 3.78. The molecule has 0 bridgehead atoms. The lowest BCUT2D eigenvalue weighted by Crippen LogP contribution is -2.34. The molecular formula is C12H15Cl2N3O2. The average molecular weight is 304 g/mol. The van der Waals surface area contributed by atoms with Gasteiger partial charge in [0, 0.05) is 13.0 Å². The number of rotatable bonds is 5. The highest BCUT2D eigenvalue weighted by Gasteiger charge is 2.31. The zero-order chi connectivity index (χ0) is 13.8. The number of anilines is 1. The molecule has 7 heteroatoms. The van der Waals surface area contributed by atoms with Gasteiger partial charge in [0.15, 0.2) is 11.0 Å². The Morgan fingerprint density at radius 1 is 1.47 bits per heavy atom. The third-order valence-electron chi connectivity index (χ3n) is 3.07. The maximum Gasteiger partial charge on any atom is 0.225 e. The zero-order valence-corrected chi connectivity index (χ0v) is 12.0. The Labute approximate surface area is 121 Å². The van der Waals surface area contributed by atoms with Crippen molar-refractivity contribution in [1.29, 1.82) is 0 Å². The van der Waals surface area contributed by atoms with E-state index in [-0.39, 0.29) is 21.9 Å². The number of hydrogen-bond acceptors (Lipinski definition) is 4. The van der Waals surface area contributed by atoms with E-state index < -0.39 is 0 Å². The largest absolute Gasteiger partial charge is 0.378 e. The Balaban J connectivity index is 1.81. The summed E-state index contributed by atoms with van der Waals surface area (Å²) in [4.78, 5) is 19.4. The van der Waals surface area contributed by atoms with Gasteiger partial charge in [-0.05, 0) is 25.7 Å². The lowest BCUT2D eigenvalue weighted by Gasteiger charge is -2.34. The van der Waals surface area contributed by atoms with E-state index in [4.69, 9.17) is 27.9 Å². The van der Waals surface area contributed by atoms with E-state index >= 15 is 0 Å². The molecule has 1 aliphatic carbocycles. The Morgan fingerprint density at radius 3 is 2.89 bits per heavy atom. The van der Waals surface area contributed by atoms with Gasteiger partial charge in [-0.15, -0.1) is 0 Å². The lowest BCUT2D eigenvalue weighted by atomic mass is 9.80. The van der Waals surface area contributed by atoms with Crippen molar-refractivity contribution in [1.82, 2.24) is 9.97 Å². The number of hydrogen-bond donors (Lipinski definition) is 1. The standard InChI is InChI=1S/C12H15Cl2N3O2/c1-2-19-8-3-7(4-8)5-9(18)17-12-10(13)11(14)15-6-16-12/h6-8H,2-5H2,1H3,(H,15,16,17,18). The van der Waals surface area contributed by atoms with Crippen molar-refractivity contribution in [3.63, 3.8) is 0 Å². The maximum atomic E-state index is 11.8.